The monoisotopic (exact) mass is 311 g/mol. The van der Waals surface area contributed by atoms with E-state index in [0.717, 1.165) is 0 Å². The highest BCUT2D eigenvalue weighted by Gasteiger charge is 2.45. The summed E-state index contributed by atoms with van der Waals surface area (Å²) < 4.78 is 6.84. The van der Waals surface area contributed by atoms with Gasteiger partial charge in [0.15, 0.2) is 23.2 Å². The third-order valence-electron chi connectivity index (χ3n) is 3.68. The number of ether oxygens (including phenoxy) is 1. The third-order valence-corrected chi connectivity index (χ3v) is 3.68. The van der Waals surface area contributed by atoms with E-state index in [1.807, 2.05) is 0 Å². The molecule has 1 aliphatic rings. The van der Waals surface area contributed by atoms with E-state index in [9.17, 15) is 20.4 Å². The predicted molar refractivity (Wildman–Crippen MR) is 73.4 cm³/mol. The molecule has 0 saturated carbocycles. The lowest BCUT2D eigenvalue weighted by molar-refractivity contribution is -0.0543. The molecule has 1 fully saturated rings. The minimum atomic E-state index is -1.32. The van der Waals surface area contributed by atoms with Gasteiger partial charge < -0.3 is 30.9 Å². The molecule has 2 aromatic heterocycles. The SMILES string of the molecule is CC(O)c1nc2c(N)ncnc2n1C1OC(CO)[C@H](O)[C@@H]1O. The molecule has 0 radical (unpaired) electrons. The van der Waals surface area contributed by atoms with Crippen LogP contribution in [0.2, 0.25) is 0 Å². The van der Waals surface area contributed by atoms with E-state index in [1.54, 1.807) is 0 Å². The quantitative estimate of drug-likeness (QED) is 0.435. The molecule has 5 atom stereocenters. The van der Waals surface area contributed by atoms with Crippen molar-refractivity contribution in [3.05, 3.63) is 12.2 Å². The zero-order chi connectivity index (χ0) is 16.0. The maximum atomic E-state index is 10.2. The summed E-state index contributed by atoms with van der Waals surface area (Å²) in [6, 6.07) is 0. The van der Waals surface area contributed by atoms with Crippen LogP contribution in [0, 0.1) is 0 Å². The Hall–Kier alpha value is -1.85. The second-order valence-corrected chi connectivity index (χ2v) is 5.18. The van der Waals surface area contributed by atoms with Crippen LogP contribution in [0.5, 0.6) is 0 Å². The fourth-order valence-corrected chi connectivity index (χ4v) is 2.58. The van der Waals surface area contributed by atoms with E-state index in [-0.39, 0.29) is 22.8 Å². The number of aromatic nitrogens is 4. The van der Waals surface area contributed by atoms with Crippen molar-refractivity contribution in [2.24, 2.45) is 0 Å². The van der Waals surface area contributed by atoms with Crippen LogP contribution in [0.3, 0.4) is 0 Å². The Balaban J connectivity index is 2.17. The molecule has 0 aromatic carbocycles. The number of imidazole rings is 1. The van der Waals surface area contributed by atoms with Crippen LogP contribution in [0.15, 0.2) is 6.33 Å². The third kappa shape index (κ3) is 2.12. The van der Waals surface area contributed by atoms with Crippen molar-refractivity contribution in [2.45, 2.75) is 37.6 Å². The molecule has 10 heteroatoms. The number of rotatable bonds is 3. The number of nitrogens with zero attached hydrogens (tertiary/aromatic N) is 4. The van der Waals surface area contributed by atoms with E-state index in [0.29, 0.717) is 0 Å². The number of hydrogen-bond acceptors (Lipinski definition) is 9. The van der Waals surface area contributed by atoms with Crippen LogP contribution in [0.1, 0.15) is 25.1 Å². The summed E-state index contributed by atoms with van der Waals surface area (Å²) in [4.78, 5) is 12.1. The van der Waals surface area contributed by atoms with Gasteiger partial charge in [-0.15, -0.1) is 0 Å². The van der Waals surface area contributed by atoms with E-state index in [2.05, 4.69) is 15.0 Å². The fraction of sp³-hybridized carbons (Fsp3) is 0.583. The number of aliphatic hydroxyl groups excluding tert-OH is 4. The van der Waals surface area contributed by atoms with Gasteiger partial charge >= 0.3 is 0 Å². The Morgan fingerprint density at radius 3 is 2.68 bits per heavy atom. The molecule has 1 aliphatic heterocycles. The average Bonchev–Trinajstić information content (AvgIpc) is 3.00. The molecule has 0 bridgehead atoms. The van der Waals surface area contributed by atoms with Crippen molar-refractivity contribution in [3.8, 4) is 0 Å². The van der Waals surface area contributed by atoms with E-state index in [4.69, 9.17) is 10.5 Å². The summed E-state index contributed by atoms with van der Waals surface area (Å²) in [6.07, 6.45) is -4.36. The number of anilines is 1. The molecular weight excluding hydrogens is 294 g/mol. The Morgan fingerprint density at radius 2 is 2.09 bits per heavy atom. The maximum Gasteiger partial charge on any atom is 0.167 e. The van der Waals surface area contributed by atoms with Crippen molar-refractivity contribution >= 4 is 17.0 Å². The van der Waals surface area contributed by atoms with Gasteiger partial charge in [0.2, 0.25) is 0 Å². The molecule has 3 rings (SSSR count). The van der Waals surface area contributed by atoms with E-state index in [1.165, 1.54) is 17.8 Å². The maximum absolute atomic E-state index is 10.2. The summed E-state index contributed by atoms with van der Waals surface area (Å²) in [5, 5.41) is 39.2. The van der Waals surface area contributed by atoms with Crippen molar-refractivity contribution in [3.63, 3.8) is 0 Å². The number of nitrogens with two attached hydrogens (primary N) is 1. The van der Waals surface area contributed by atoms with Crippen molar-refractivity contribution in [1.29, 1.82) is 0 Å². The number of hydrogen-bond donors (Lipinski definition) is 5. The van der Waals surface area contributed by atoms with Crippen LogP contribution in [0.25, 0.3) is 11.2 Å². The lowest BCUT2D eigenvalue weighted by Gasteiger charge is -2.20. The molecule has 120 valence electrons. The van der Waals surface area contributed by atoms with Crippen LogP contribution < -0.4 is 5.73 Å². The first-order valence-electron chi connectivity index (χ1n) is 6.74. The van der Waals surface area contributed by atoms with Gasteiger partial charge in [0.25, 0.3) is 0 Å². The first kappa shape index (κ1) is 15.1. The minimum absolute atomic E-state index is 0.123. The highest BCUT2D eigenvalue weighted by molar-refractivity contribution is 5.82. The van der Waals surface area contributed by atoms with Crippen LogP contribution in [-0.4, -0.2) is 64.9 Å². The van der Waals surface area contributed by atoms with Gasteiger partial charge in [0.1, 0.15) is 36.6 Å². The van der Waals surface area contributed by atoms with Gasteiger partial charge in [-0.05, 0) is 6.92 Å². The van der Waals surface area contributed by atoms with Gasteiger partial charge in [0.05, 0.1) is 6.61 Å². The molecule has 6 N–H and O–H groups in total. The highest BCUT2D eigenvalue weighted by Crippen LogP contribution is 2.34. The molecule has 3 heterocycles. The highest BCUT2D eigenvalue weighted by atomic mass is 16.6. The van der Waals surface area contributed by atoms with Gasteiger partial charge in [-0.3, -0.25) is 4.57 Å². The van der Waals surface area contributed by atoms with Crippen LogP contribution >= 0.6 is 0 Å². The predicted octanol–water partition coefficient (Wildman–Crippen LogP) is -1.93. The molecular formula is C12H17N5O5. The largest absolute Gasteiger partial charge is 0.394 e. The van der Waals surface area contributed by atoms with Crippen molar-refractivity contribution < 1.29 is 25.2 Å². The van der Waals surface area contributed by atoms with Gasteiger partial charge in [-0.1, -0.05) is 0 Å². The Bertz CT molecular complexity index is 690. The normalized spacial score (nSPS) is 30.0. The number of nitrogen functional groups attached to an aromatic ring is 1. The van der Waals surface area contributed by atoms with Crippen LogP contribution in [-0.2, 0) is 4.74 Å². The summed E-state index contributed by atoms with van der Waals surface area (Å²) in [6.45, 7) is 1.03. The molecule has 22 heavy (non-hydrogen) atoms. The Labute approximate surface area is 124 Å². The smallest absolute Gasteiger partial charge is 0.167 e. The average molecular weight is 311 g/mol. The lowest BCUT2D eigenvalue weighted by atomic mass is 10.1. The molecule has 3 unspecified atom stereocenters. The summed E-state index contributed by atoms with van der Waals surface area (Å²) in [5.74, 6) is 0.287. The second kappa shape index (κ2) is 5.41. The van der Waals surface area contributed by atoms with Gasteiger partial charge in [0, 0.05) is 0 Å². The summed E-state index contributed by atoms with van der Waals surface area (Å²) in [5.41, 5.74) is 6.27. The second-order valence-electron chi connectivity index (χ2n) is 5.18. The summed E-state index contributed by atoms with van der Waals surface area (Å²) >= 11 is 0. The van der Waals surface area contributed by atoms with Crippen molar-refractivity contribution in [1.82, 2.24) is 19.5 Å². The summed E-state index contributed by atoms with van der Waals surface area (Å²) in [7, 11) is 0. The zero-order valence-corrected chi connectivity index (χ0v) is 11.7. The first-order chi connectivity index (χ1) is 10.5. The Morgan fingerprint density at radius 1 is 1.36 bits per heavy atom. The zero-order valence-electron chi connectivity index (χ0n) is 11.7. The Kier molecular flexibility index (Phi) is 3.70. The molecule has 0 aliphatic carbocycles. The lowest BCUT2D eigenvalue weighted by Crippen LogP contribution is -2.33. The molecule has 2 aromatic rings. The standard InChI is InChI=1S/C12H17N5O5/c1-4(19)10-16-6-9(13)14-3-15-11(6)17(10)12-8(21)7(20)5(2-18)22-12/h3-5,7-8,12,18-21H,2H2,1H3,(H2,13,14,15)/t4?,5?,7-,8-,12?/m0/s1. The molecule has 10 nitrogen and oxygen atoms in total. The number of fused-ring (bicyclic) bond motifs is 1. The van der Waals surface area contributed by atoms with E-state index >= 15 is 0 Å². The molecule has 1 saturated heterocycles. The van der Waals surface area contributed by atoms with Crippen molar-refractivity contribution in [2.75, 3.05) is 12.3 Å². The topological polar surface area (TPSA) is 160 Å². The van der Waals surface area contributed by atoms with Crippen LogP contribution in [0.4, 0.5) is 5.82 Å². The molecule has 0 amide bonds. The first-order valence-corrected chi connectivity index (χ1v) is 6.74. The van der Waals surface area contributed by atoms with E-state index < -0.39 is 37.3 Å². The minimum Gasteiger partial charge on any atom is -0.394 e. The molecule has 0 spiro atoms. The van der Waals surface area contributed by atoms with Gasteiger partial charge in [-0.25, -0.2) is 15.0 Å². The van der Waals surface area contributed by atoms with Gasteiger partial charge in [-0.2, -0.15) is 0 Å². The fourth-order valence-electron chi connectivity index (χ4n) is 2.58. The number of aliphatic hydroxyl groups is 4.